The Bertz CT molecular complexity index is 1470. The predicted molar refractivity (Wildman–Crippen MR) is 182 cm³/mol. The minimum absolute atomic E-state index is 0.0473. The van der Waals surface area contributed by atoms with E-state index in [2.05, 4.69) is 10.3 Å². The quantitative estimate of drug-likeness (QED) is 0.160. The number of carbonyl (C=O) groups is 2. The summed E-state index contributed by atoms with van der Waals surface area (Å²) >= 11 is 0. The molecule has 10 atom stereocenters. The molecule has 17 heteroatoms. The van der Waals surface area contributed by atoms with Crippen molar-refractivity contribution in [2.45, 2.75) is 138 Å². The molecule has 3 fully saturated rings. The van der Waals surface area contributed by atoms with Gasteiger partial charge < -0.3 is 50.6 Å². The maximum atomic E-state index is 14.4. The molecule has 1 aromatic rings. The molecule has 286 valence electrons. The summed E-state index contributed by atoms with van der Waals surface area (Å²) in [6.45, 7) is -0.0834. The van der Waals surface area contributed by atoms with Crippen LogP contribution in [-0.2, 0) is 23.8 Å². The molecule has 0 spiro atoms. The van der Waals surface area contributed by atoms with Crippen LogP contribution in [0.3, 0.4) is 0 Å². The van der Waals surface area contributed by atoms with E-state index in [1.807, 2.05) is 0 Å². The van der Waals surface area contributed by atoms with Gasteiger partial charge in [-0.15, -0.1) is 0 Å². The molecule has 51 heavy (non-hydrogen) atoms. The molecule has 2 saturated heterocycles. The lowest BCUT2D eigenvalue weighted by Gasteiger charge is -2.38. The van der Waals surface area contributed by atoms with Crippen molar-refractivity contribution in [2.75, 3.05) is 27.2 Å². The number of aromatic nitrogens is 2. The smallest absolute Gasteiger partial charge is 0.330 e. The number of nitrogens with two attached hydrogens (primary N) is 1. The van der Waals surface area contributed by atoms with Gasteiger partial charge in [0.25, 0.3) is 11.5 Å². The zero-order valence-corrected chi connectivity index (χ0v) is 29.3. The normalized spacial score (nSPS) is 34.3. The fourth-order valence-corrected chi connectivity index (χ4v) is 7.51. The van der Waals surface area contributed by atoms with Gasteiger partial charge in [-0.1, -0.05) is 57.8 Å². The van der Waals surface area contributed by atoms with E-state index in [9.17, 15) is 39.6 Å². The number of aliphatic hydroxyl groups is 4. The van der Waals surface area contributed by atoms with E-state index < -0.39 is 84.4 Å². The second-order valence-electron chi connectivity index (χ2n) is 14.2. The fraction of sp³-hybridized carbons (Fsp3) is 0.765. The van der Waals surface area contributed by atoms with Gasteiger partial charge in [0.15, 0.2) is 12.5 Å². The highest BCUT2D eigenvalue weighted by atomic mass is 16.7. The number of ether oxygens (including phenoxy) is 3. The molecule has 3 aliphatic heterocycles. The van der Waals surface area contributed by atoms with Gasteiger partial charge in [0.05, 0.1) is 0 Å². The van der Waals surface area contributed by atoms with Gasteiger partial charge in [0.1, 0.15) is 54.5 Å². The molecule has 1 aromatic heterocycles. The Kier molecular flexibility index (Phi) is 13.6. The van der Waals surface area contributed by atoms with E-state index in [1.54, 1.807) is 18.0 Å². The molecule has 0 bridgehead atoms. The zero-order valence-electron chi connectivity index (χ0n) is 29.3. The van der Waals surface area contributed by atoms with E-state index in [1.165, 1.54) is 44.1 Å². The van der Waals surface area contributed by atoms with Crippen LogP contribution in [0.2, 0.25) is 0 Å². The van der Waals surface area contributed by atoms with Crippen LogP contribution < -0.4 is 22.3 Å². The first-order valence-electron chi connectivity index (χ1n) is 18.1. The monoisotopic (exact) mass is 722 g/mol. The van der Waals surface area contributed by atoms with Crippen LogP contribution in [0.25, 0.3) is 0 Å². The first kappa shape index (κ1) is 39.2. The number of carbonyl (C=O) groups excluding carboxylic acids is 2. The third kappa shape index (κ3) is 8.97. The Balaban J connectivity index is 1.40. The van der Waals surface area contributed by atoms with Crippen LogP contribution in [-0.4, -0.2) is 140 Å². The summed E-state index contributed by atoms with van der Waals surface area (Å²) in [4.78, 5) is 57.4. The van der Waals surface area contributed by atoms with Crippen molar-refractivity contribution in [3.63, 3.8) is 0 Å². The Morgan fingerprint density at radius 3 is 2.16 bits per heavy atom. The van der Waals surface area contributed by atoms with E-state index >= 15 is 0 Å². The highest BCUT2D eigenvalue weighted by molar-refractivity contribution is 5.99. The first-order valence-corrected chi connectivity index (χ1v) is 18.1. The van der Waals surface area contributed by atoms with Crippen LogP contribution >= 0.6 is 0 Å². The van der Waals surface area contributed by atoms with E-state index in [0.717, 1.165) is 55.4 Å². The number of hydrogen-bond acceptors (Lipinski definition) is 13. The summed E-state index contributed by atoms with van der Waals surface area (Å²) in [5.74, 6) is -1.03. The van der Waals surface area contributed by atoms with Gasteiger partial charge >= 0.3 is 5.69 Å². The number of aliphatic hydroxyl groups excluding tert-OH is 4. The second-order valence-corrected chi connectivity index (χ2v) is 14.2. The second kappa shape index (κ2) is 17.7. The maximum Gasteiger partial charge on any atom is 0.330 e. The minimum Gasteiger partial charge on any atom is -0.387 e. The Morgan fingerprint density at radius 1 is 0.941 bits per heavy atom. The van der Waals surface area contributed by atoms with Crippen molar-refractivity contribution in [3.05, 3.63) is 44.9 Å². The molecule has 5 rings (SSSR count). The third-order valence-electron chi connectivity index (χ3n) is 10.5. The largest absolute Gasteiger partial charge is 0.387 e. The third-order valence-corrected chi connectivity index (χ3v) is 10.5. The molecule has 2 amide bonds. The zero-order chi connectivity index (χ0) is 36.8. The van der Waals surface area contributed by atoms with Gasteiger partial charge in [-0.25, -0.2) is 4.79 Å². The number of rotatable bonds is 8. The van der Waals surface area contributed by atoms with Gasteiger partial charge in [-0.2, -0.15) is 0 Å². The number of nitrogens with one attached hydrogen (secondary N) is 2. The topological polar surface area (TPSA) is 242 Å². The number of nitrogens with zero attached hydrogens (tertiary/aromatic N) is 3. The van der Waals surface area contributed by atoms with E-state index in [-0.39, 0.29) is 24.8 Å². The van der Waals surface area contributed by atoms with Gasteiger partial charge in [0.2, 0.25) is 5.91 Å². The Hall–Kier alpha value is -3.00. The lowest BCUT2D eigenvalue weighted by Crippen LogP contribution is -2.59. The molecule has 17 nitrogen and oxygen atoms in total. The molecular formula is C34H54N6O11. The summed E-state index contributed by atoms with van der Waals surface area (Å²) in [5.41, 5.74) is 4.24. The molecule has 1 aliphatic carbocycles. The number of amides is 2. The number of H-pyrrole nitrogens is 1. The van der Waals surface area contributed by atoms with E-state index in [4.69, 9.17) is 19.9 Å². The van der Waals surface area contributed by atoms with Crippen molar-refractivity contribution >= 4 is 11.8 Å². The number of likely N-dealkylation sites (N-methyl/N-ethyl adjacent to an activating group) is 2. The SMILES string of the molecule is CN1C(=O)[C@H]([C@H](O[C@@H]2O[C@H](CN)[C@@H](O)[C@H]2O)[C@H]2O[C@@H](n3ccc(=O)[nH]c3=O)[C@H](O)[C@@H]2O)N(C)CC=C1C(=O)NC1CCCCCCCCCCC1. The molecule has 4 heterocycles. The predicted octanol–water partition coefficient (Wildman–Crippen LogP) is -1.61. The first-order chi connectivity index (χ1) is 24.4. The molecule has 0 aromatic carbocycles. The van der Waals surface area contributed by atoms with Crippen molar-refractivity contribution < 1.29 is 44.2 Å². The summed E-state index contributed by atoms with van der Waals surface area (Å²) in [5, 5.41) is 46.9. The van der Waals surface area contributed by atoms with Crippen molar-refractivity contribution in [3.8, 4) is 0 Å². The van der Waals surface area contributed by atoms with Crippen molar-refractivity contribution in [1.82, 2.24) is 24.7 Å². The van der Waals surface area contributed by atoms with Crippen molar-refractivity contribution in [2.24, 2.45) is 5.73 Å². The molecule has 1 saturated carbocycles. The summed E-state index contributed by atoms with van der Waals surface area (Å²) in [6, 6.07) is -0.310. The highest BCUT2D eigenvalue weighted by Gasteiger charge is 2.55. The fourth-order valence-electron chi connectivity index (χ4n) is 7.51. The average Bonchev–Trinajstić information content (AvgIpc) is 3.49. The highest BCUT2D eigenvalue weighted by Crippen LogP contribution is 2.36. The van der Waals surface area contributed by atoms with Crippen molar-refractivity contribution in [1.29, 1.82) is 0 Å². The lowest BCUT2D eigenvalue weighted by molar-refractivity contribution is -0.232. The van der Waals surface area contributed by atoms with Crippen LogP contribution in [0.4, 0.5) is 0 Å². The van der Waals surface area contributed by atoms with Gasteiger partial charge in [-0.05, 0) is 26.0 Å². The number of aromatic amines is 1. The standard InChI is InChI=1S/C34H54N6O11/c1-38-16-14-20(30(46)36-19-12-10-8-6-4-3-5-7-9-11-13-19)39(2)31(47)23(38)28(51-33-27(45)24(42)21(18-35)49-33)29-25(43)26(44)32(50-29)40-17-15-22(41)37-34(40)48/h14-15,17,19,21,23-29,32-33,42-45H,3-13,16,18,35H2,1-2H3,(H,36,46)(H,37,41,48)/t21-,23+,24-,25+,26-,27-,28+,29+,32-,33+/m1/s1. The van der Waals surface area contributed by atoms with Crippen LogP contribution in [0.15, 0.2) is 33.6 Å². The number of hydrogen-bond donors (Lipinski definition) is 7. The Morgan fingerprint density at radius 2 is 1.57 bits per heavy atom. The van der Waals surface area contributed by atoms with Crippen LogP contribution in [0.5, 0.6) is 0 Å². The molecule has 0 radical (unpaired) electrons. The summed E-state index contributed by atoms with van der Waals surface area (Å²) in [6.07, 6.45) is 1.09. The molecule has 8 N–H and O–H groups in total. The van der Waals surface area contributed by atoms with E-state index in [0.29, 0.717) is 0 Å². The summed E-state index contributed by atoms with van der Waals surface area (Å²) < 4.78 is 18.8. The average molecular weight is 723 g/mol. The molecular weight excluding hydrogens is 668 g/mol. The lowest BCUT2D eigenvalue weighted by atomic mass is 9.97. The molecule has 0 unspecified atom stereocenters. The minimum atomic E-state index is -1.75. The van der Waals surface area contributed by atoms with Gasteiger partial charge in [0, 0.05) is 38.4 Å². The van der Waals surface area contributed by atoms with Crippen LogP contribution in [0, 0.1) is 0 Å². The maximum absolute atomic E-state index is 14.4. The van der Waals surface area contributed by atoms with Gasteiger partial charge in [-0.3, -0.25) is 28.8 Å². The summed E-state index contributed by atoms with van der Waals surface area (Å²) in [7, 11) is 3.05. The molecule has 4 aliphatic rings. The van der Waals surface area contributed by atoms with Crippen LogP contribution in [0.1, 0.15) is 76.9 Å². The Labute approximate surface area is 296 Å².